The molecule has 1 aliphatic heterocycles. The minimum atomic E-state index is -3.47. The molecule has 1 aromatic carbocycles. The Bertz CT molecular complexity index is 640. The number of benzene rings is 1. The summed E-state index contributed by atoms with van der Waals surface area (Å²) in [4.78, 5) is 11.0. The molecule has 1 aliphatic rings. The number of methoxy groups -OCH3 is 1. The number of fused-ring (bicyclic) bond motifs is 1. The molecule has 7 nitrogen and oxygen atoms in total. The Morgan fingerprint density at radius 2 is 1.90 bits per heavy atom. The van der Waals surface area contributed by atoms with Crippen LogP contribution in [0.2, 0.25) is 0 Å². The summed E-state index contributed by atoms with van der Waals surface area (Å²) in [6.07, 6.45) is -0.177. The molecule has 8 heteroatoms. The van der Waals surface area contributed by atoms with Gasteiger partial charge in [0.2, 0.25) is 0 Å². The van der Waals surface area contributed by atoms with Crippen molar-refractivity contribution in [2.75, 3.05) is 31.8 Å². The van der Waals surface area contributed by atoms with E-state index in [0.717, 1.165) is 0 Å². The fourth-order valence-corrected chi connectivity index (χ4v) is 3.27. The van der Waals surface area contributed by atoms with E-state index in [1.807, 2.05) is 0 Å². The maximum Gasteiger partial charge on any atom is 0.306 e. The standard InChI is InChI=1S/C13H17NO6S/c1-18-13(15)2-5-21(16,17)8-9-6-11-12(7-10(9)14)20-4-3-19-11/h6-7H,2-5,8,14H2,1H3. The maximum atomic E-state index is 12.0. The molecule has 2 N–H and O–H groups in total. The number of nitrogens with two attached hydrogens (primary N) is 1. The lowest BCUT2D eigenvalue weighted by atomic mass is 10.2. The second kappa shape index (κ2) is 6.21. The van der Waals surface area contributed by atoms with Gasteiger partial charge in [-0.05, 0) is 11.6 Å². The highest BCUT2D eigenvalue weighted by molar-refractivity contribution is 7.90. The van der Waals surface area contributed by atoms with Crippen molar-refractivity contribution in [2.45, 2.75) is 12.2 Å². The molecular formula is C13H17NO6S. The Morgan fingerprint density at radius 1 is 1.29 bits per heavy atom. The van der Waals surface area contributed by atoms with Crippen molar-refractivity contribution < 1.29 is 27.4 Å². The predicted molar refractivity (Wildman–Crippen MR) is 76.0 cm³/mol. The second-order valence-corrected chi connectivity index (χ2v) is 6.80. The minimum absolute atomic E-state index is 0.177. The summed E-state index contributed by atoms with van der Waals surface area (Å²) >= 11 is 0. The molecule has 0 radical (unpaired) electrons. The third-order valence-electron chi connectivity index (χ3n) is 3.02. The van der Waals surface area contributed by atoms with Crippen LogP contribution in [-0.2, 0) is 25.1 Å². The number of carbonyl (C=O) groups is 1. The first-order valence-electron chi connectivity index (χ1n) is 6.36. The molecule has 0 fully saturated rings. The van der Waals surface area contributed by atoms with Crippen LogP contribution < -0.4 is 15.2 Å². The van der Waals surface area contributed by atoms with Gasteiger partial charge >= 0.3 is 5.97 Å². The van der Waals surface area contributed by atoms with Crippen LogP contribution >= 0.6 is 0 Å². The predicted octanol–water partition coefficient (Wildman–Crippen LogP) is 0.518. The molecule has 21 heavy (non-hydrogen) atoms. The van der Waals surface area contributed by atoms with E-state index in [0.29, 0.717) is 36.0 Å². The lowest BCUT2D eigenvalue weighted by Crippen LogP contribution is -2.17. The second-order valence-electron chi connectivity index (χ2n) is 4.61. The average molecular weight is 315 g/mol. The van der Waals surface area contributed by atoms with Crippen LogP contribution in [0.25, 0.3) is 0 Å². The van der Waals surface area contributed by atoms with Crippen LogP contribution in [0.3, 0.4) is 0 Å². The SMILES string of the molecule is COC(=O)CCS(=O)(=O)Cc1cc2c(cc1N)OCCO2. The normalized spacial score (nSPS) is 13.8. The van der Waals surface area contributed by atoms with Crippen LogP contribution in [0.1, 0.15) is 12.0 Å². The van der Waals surface area contributed by atoms with Gasteiger partial charge in [0.1, 0.15) is 13.2 Å². The molecule has 0 aliphatic carbocycles. The molecule has 0 saturated heterocycles. The van der Waals surface area contributed by atoms with E-state index in [-0.39, 0.29) is 17.9 Å². The first-order chi connectivity index (χ1) is 9.91. The van der Waals surface area contributed by atoms with Crippen molar-refractivity contribution in [1.82, 2.24) is 0 Å². The summed E-state index contributed by atoms with van der Waals surface area (Å²) in [6, 6.07) is 3.12. The molecule has 1 heterocycles. The fourth-order valence-electron chi connectivity index (χ4n) is 1.92. The van der Waals surface area contributed by atoms with Gasteiger partial charge in [-0.2, -0.15) is 0 Å². The Kier molecular flexibility index (Phi) is 4.56. The largest absolute Gasteiger partial charge is 0.486 e. The first-order valence-corrected chi connectivity index (χ1v) is 8.18. The summed E-state index contributed by atoms with van der Waals surface area (Å²) in [5.41, 5.74) is 6.60. The number of ether oxygens (including phenoxy) is 3. The summed E-state index contributed by atoms with van der Waals surface area (Å²) < 4.78 is 39.2. The third kappa shape index (κ3) is 4.01. The van der Waals surface area contributed by atoms with Crippen molar-refractivity contribution in [3.8, 4) is 11.5 Å². The lowest BCUT2D eigenvalue weighted by Gasteiger charge is -2.20. The van der Waals surface area contributed by atoms with Gasteiger partial charge in [0.15, 0.2) is 21.3 Å². The van der Waals surface area contributed by atoms with Crippen LogP contribution in [0.4, 0.5) is 5.69 Å². The number of anilines is 1. The van der Waals surface area contributed by atoms with E-state index in [9.17, 15) is 13.2 Å². The zero-order valence-electron chi connectivity index (χ0n) is 11.6. The number of hydrogen-bond donors (Lipinski definition) is 1. The van der Waals surface area contributed by atoms with Gasteiger partial charge in [-0.1, -0.05) is 0 Å². The summed E-state index contributed by atoms with van der Waals surface area (Å²) in [5.74, 6) is -0.114. The topological polar surface area (TPSA) is 105 Å². The highest BCUT2D eigenvalue weighted by Crippen LogP contribution is 2.35. The van der Waals surface area contributed by atoms with Gasteiger partial charge in [0.25, 0.3) is 0 Å². The lowest BCUT2D eigenvalue weighted by molar-refractivity contribution is -0.140. The monoisotopic (exact) mass is 315 g/mol. The average Bonchev–Trinajstić information content (AvgIpc) is 2.45. The molecule has 116 valence electrons. The van der Waals surface area contributed by atoms with Gasteiger partial charge in [0.05, 0.1) is 25.0 Å². The van der Waals surface area contributed by atoms with Gasteiger partial charge in [-0.3, -0.25) is 4.79 Å². The van der Waals surface area contributed by atoms with Crippen LogP contribution in [0, 0.1) is 0 Å². The number of rotatable bonds is 5. The van der Waals surface area contributed by atoms with E-state index in [1.165, 1.54) is 7.11 Å². The molecule has 1 aromatic rings. The molecule has 0 atom stereocenters. The van der Waals surface area contributed by atoms with Crippen molar-refractivity contribution >= 4 is 21.5 Å². The highest BCUT2D eigenvalue weighted by Gasteiger charge is 2.20. The van der Waals surface area contributed by atoms with E-state index in [1.54, 1.807) is 12.1 Å². The molecule has 2 rings (SSSR count). The zero-order valence-corrected chi connectivity index (χ0v) is 12.4. The van der Waals surface area contributed by atoms with Crippen molar-refractivity contribution in [2.24, 2.45) is 0 Å². The Morgan fingerprint density at radius 3 is 2.52 bits per heavy atom. The van der Waals surface area contributed by atoms with E-state index >= 15 is 0 Å². The molecule has 0 bridgehead atoms. The summed E-state index contributed by atoms with van der Waals surface area (Å²) in [6.45, 7) is 0.842. The number of hydrogen-bond acceptors (Lipinski definition) is 7. The minimum Gasteiger partial charge on any atom is -0.486 e. The van der Waals surface area contributed by atoms with E-state index < -0.39 is 15.8 Å². The number of esters is 1. The molecule has 0 saturated carbocycles. The Hall–Kier alpha value is -1.96. The van der Waals surface area contributed by atoms with Crippen molar-refractivity contribution in [3.63, 3.8) is 0 Å². The first kappa shape index (κ1) is 15.4. The van der Waals surface area contributed by atoms with Crippen molar-refractivity contribution in [3.05, 3.63) is 17.7 Å². The maximum absolute atomic E-state index is 12.0. The van der Waals surface area contributed by atoms with Gasteiger partial charge in [-0.25, -0.2) is 8.42 Å². The van der Waals surface area contributed by atoms with E-state index in [4.69, 9.17) is 15.2 Å². The molecular weight excluding hydrogens is 298 g/mol. The number of carbonyl (C=O) groups excluding carboxylic acids is 1. The number of nitrogen functional groups attached to an aromatic ring is 1. The zero-order chi connectivity index (χ0) is 15.5. The quantitative estimate of drug-likeness (QED) is 0.623. The summed E-state index contributed by atoms with van der Waals surface area (Å²) in [7, 11) is -2.25. The van der Waals surface area contributed by atoms with Gasteiger partial charge in [0, 0.05) is 11.8 Å². The van der Waals surface area contributed by atoms with Gasteiger partial charge in [-0.15, -0.1) is 0 Å². The number of sulfone groups is 1. The van der Waals surface area contributed by atoms with Crippen LogP contribution in [0.15, 0.2) is 12.1 Å². The molecule has 0 amide bonds. The molecule has 0 unspecified atom stereocenters. The summed E-state index contributed by atoms with van der Waals surface area (Å²) in [5, 5.41) is 0. The third-order valence-corrected chi connectivity index (χ3v) is 4.60. The molecule has 0 spiro atoms. The Labute approximate surface area is 122 Å². The smallest absolute Gasteiger partial charge is 0.306 e. The van der Waals surface area contributed by atoms with Crippen LogP contribution in [-0.4, -0.2) is 40.5 Å². The Balaban J connectivity index is 2.13. The fraction of sp³-hybridized carbons (Fsp3) is 0.462. The highest BCUT2D eigenvalue weighted by atomic mass is 32.2. The molecule has 0 aromatic heterocycles. The van der Waals surface area contributed by atoms with E-state index in [2.05, 4.69) is 4.74 Å². The van der Waals surface area contributed by atoms with Crippen LogP contribution in [0.5, 0.6) is 11.5 Å². The van der Waals surface area contributed by atoms with Gasteiger partial charge < -0.3 is 19.9 Å². The van der Waals surface area contributed by atoms with Crippen molar-refractivity contribution in [1.29, 1.82) is 0 Å².